The molecule has 2 unspecified atom stereocenters. The minimum atomic E-state index is -1.29. The van der Waals surface area contributed by atoms with Crippen LogP contribution in [-0.2, 0) is 9.53 Å². The van der Waals surface area contributed by atoms with E-state index in [-0.39, 0.29) is 18.1 Å². The van der Waals surface area contributed by atoms with E-state index in [0.717, 1.165) is 5.69 Å². The van der Waals surface area contributed by atoms with E-state index >= 15 is 4.39 Å². The highest BCUT2D eigenvalue weighted by atomic mass is 19.1. The zero-order chi connectivity index (χ0) is 24.0. The predicted molar refractivity (Wildman–Crippen MR) is 129 cm³/mol. The minimum Gasteiger partial charge on any atom is -0.383 e. The Balaban J connectivity index is 1.41. The summed E-state index contributed by atoms with van der Waals surface area (Å²) >= 11 is 0. The van der Waals surface area contributed by atoms with Gasteiger partial charge < -0.3 is 20.3 Å². The largest absolute Gasteiger partial charge is 0.383 e. The molecular formula is C26H33FN4O3. The summed E-state index contributed by atoms with van der Waals surface area (Å²) in [7, 11) is 1.59. The van der Waals surface area contributed by atoms with Crippen LogP contribution in [-0.4, -0.2) is 74.5 Å². The molecule has 7 nitrogen and oxygen atoms in total. The topological polar surface area (TPSA) is 73.9 Å². The van der Waals surface area contributed by atoms with E-state index in [2.05, 4.69) is 15.5 Å². The van der Waals surface area contributed by atoms with Gasteiger partial charge in [0, 0.05) is 44.4 Å². The second kappa shape index (κ2) is 11.1. The van der Waals surface area contributed by atoms with Crippen molar-refractivity contribution in [3.8, 4) is 0 Å². The Morgan fingerprint density at radius 3 is 2.41 bits per heavy atom. The minimum absolute atomic E-state index is 0.00442. The third-order valence-corrected chi connectivity index (χ3v) is 6.93. The number of halogens is 1. The summed E-state index contributed by atoms with van der Waals surface area (Å²) in [6.07, 6.45) is -0.191. The van der Waals surface area contributed by atoms with Crippen LogP contribution in [0.3, 0.4) is 0 Å². The molecule has 2 fully saturated rings. The van der Waals surface area contributed by atoms with E-state index in [1.165, 1.54) is 0 Å². The zero-order valence-corrected chi connectivity index (χ0v) is 19.6. The van der Waals surface area contributed by atoms with Gasteiger partial charge in [0.1, 0.15) is 5.54 Å². The fourth-order valence-corrected chi connectivity index (χ4v) is 4.97. The number of alkyl halides is 1. The molecule has 2 heterocycles. The van der Waals surface area contributed by atoms with E-state index < -0.39 is 17.9 Å². The SMILES string of the molecule is COCCNC(CC(F)N1CCC2(CC1)C(=O)NCN2c1ccccc1)C(=O)c1ccccc1. The molecule has 1 spiro atoms. The molecule has 0 aliphatic carbocycles. The van der Waals surface area contributed by atoms with Crippen LogP contribution in [0.1, 0.15) is 29.6 Å². The van der Waals surface area contributed by atoms with Gasteiger partial charge in [-0.05, 0) is 25.0 Å². The summed E-state index contributed by atoms with van der Waals surface area (Å²) in [6, 6.07) is 18.2. The summed E-state index contributed by atoms with van der Waals surface area (Å²) in [4.78, 5) is 29.8. The molecule has 4 rings (SSSR count). The van der Waals surface area contributed by atoms with Crippen LogP contribution in [0.4, 0.5) is 10.1 Å². The predicted octanol–water partition coefficient (Wildman–Crippen LogP) is 2.59. The van der Waals surface area contributed by atoms with Crippen molar-refractivity contribution >= 4 is 17.4 Å². The molecule has 8 heteroatoms. The fourth-order valence-electron chi connectivity index (χ4n) is 4.97. The average Bonchev–Trinajstić information content (AvgIpc) is 3.19. The first-order valence-corrected chi connectivity index (χ1v) is 11.9. The van der Waals surface area contributed by atoms with E-state index in [1.807, 2.05) is 48.5 Å². The number of benzene rings is 2. The van der Waals surface area contributed by atoms with Crippen LogP contribution in [0.2, 0.25) is 0 Å². The number of nitrogens with one attached hydrogen (secondary N) is 2. The number of nitrogens with zero attached hydrogens (tertiary/aromatic N) is 2. The number of para-hydroxylation sites is 1. The summed E-state index contributed by atoms with van der Waals surface area (Å²) in [5.41, 5.74) is 0.887. The summed E-state index contributed by atoms with van der Waals surface area (Å²) < 4.78 is 20.6. The van der Waals surface area contributed by atoms with E-state index in [9.17, 15) is 9.59 Å². The Hall–Kier alpha value is -2.81. The normalized spacial score (nSPS) is 19.7. The molecule has 34 heavy (non-hydrogen) atoms. The summed E-state index contributed by atoms with van der Waals surface area (Å²) in [5.74, 6) is -0.122. The summed E-state index contributed by atoms with van der Waals surface area (Å²) in [6.45, 7) is 2.25. The number of anilines is 1. The van der Waals surface area contributed by atoms with Crippen molar-refractivity contribution in [3.63, 3.8) is 0 Å². The molecule has 0 bridgehead atoms. The number of carbonyl (C=O) groups is 2. The first-order valence-electron chi connectivity index (χ1n) is 11.9. The van der Waals surface area contributed by atoms with Gasteiger partial charge in [-0.25, -0.2) is 4.39 Å². The Labute approximate surface area is 200 Å². The maximum atomic E-state index is 15.5. The van der Waals surface area contributed by atoms with Gasteiger partial charge in [-0.2, -0.15) is 0 Å². The molecular weight excluding hydrogens is 435 g/mol. The number of carbonyl (C=O) groups excluding carboxylic acids is 2. The zero-order valence-electron chi connectivity index (χ0n) is 19.6. The molecule has 0 radical (unpaired) electrons. The molecule has 1 amide bonds. The molecule has 2 aliphatic heterocycles. The first-order chi connectivity index (χ1) is 16.5. The third-order valence-electron chi connectivity index (χ3n) is 6.93. The lowest BCUT2D eigenvalue weighted by atomic mass is 9.85. The number of Topliss-reactive ketones (excluding diaryl/α,β-unsaturated/α-hetero) is 1. The van der Waals surface area contributed by atoms with Crippen molar-refractivity contribution in [2.24, 2.45) is 0 Å². The van der Waals surface area contributed by atoms with Gasteiger partial charge in [-0.1, -0.05) is 48.5 Å². The van der Waals surface area contributed by atoms with E-state index in [0.29, 0.717) is 51.3 Å². The molecule has 182 valence electrons. The van der Waals surface area contributed by atoms with Crippen molar-refractivity contribution in [3.05, 3.63) is 66.2 Å². The van der Waals surface area contributed by atoms with Crippen LogP contribution >= 0.6 is 0 Å². The monoisotopic (exact) mass is 468 g/mol. The highest BCUT2D eigenvalue weighted by Crippen LogP contribution is 2.37. The highest BCUT2D eigenvalue weighted by molar-refractivity contribution is 6.00. The quantitative estimate of drug-likeness (QED) is 0.317. The van der Waals surface area contributed by atoms with Gasteiger partial charge in [-0.15, -0.1) is 0 Å². The first kappa shape index (κ1) is 24.3. The van der Waals surface area contributed by atoms with E-state index in [1.54, 1.807) is 24.1 Å². The molecule has 0 saturated carbocycles. The second-order valence-corrected chi connectivity index (χ2v) is 8.90. The molecule has 2 aromatic carbocycles. The van der Waals surface area contributed by atoms with Gasteiger partial charge in [-0.3, -0.25) is 14.5 Å². The van der Waals surface area contributed by atoms with Crippen molar-refractivity contribution in [2.75, 3.05) is 44.9 Å². The third kappa shape index (κ3) is 5.14. The number of methoxy groups -OCH3 is 1. The molecule has 2 aliphatic rings. The number of piperidine rings is 1. The Kier molecular flexibility index (Phi) is 7.92. The number of likely N-dealkylation sites (tertiary alicyclic amines) is 1. The lowest BCUT2D eigenvalue weighted by Gasteiger charge is -2.44. The molecule has 2 atom stereocenters. The van der Waals surface area contributed by atoms with Crippen LogP contribution < -0.4 is 15.5 Å². The molecule has 2 aromatic rings. The molecule has 2 saturated heterocycles. The maximum absolute atomic E-state index is 15.5. The van der Waals surface area contributed by atoms with Gasteiger partial charge in [0.2, 0.25) is 5.91 Å². The number of rotatable bonds is 10. The van der Waals surface area contributed by atoms with Crippen molar-refractivity contribution in [2.45, 2.75) is 37.1 Å². The Bertz CT molecular complexity index is 951. The van der Waals surface area contributed by atoms with Gasteiger partial charge in [0.05, 0.1) is 19.3 Å². The van der Waals surface area contributed by atoms with Crippen molar-refractivity contribution in [1.29, 1.82) is 0 Å². The average molecular weight is 469 g/mol. The van der Waals surface area contributed by atoms with Gasteiger partial charge in [0.15, 0.2) is 12.1 Å². The Morgan fingerprint density at radius 1 is 1.12 bits per heavy atom. The number of amides is 1. The number of ketones is 1. The Morgan fingerprint density at radius 2 is 1.76 bits per heavy atom. The molecule has 0 aromatic heterocycles. The number of ether oxygens (including phenoxy) is 1. The van der Waals surface area contributed by atoms with Crippen LogP contribution in [0.15, 0.2) is 60.7 Å². The van der Waals surface area contributed by atoms with Gasteiger partial charge in [0.25, 0.3) is 0 Å². The lowest BCUT2D eigenvalue weighted by Crippen LogP contribution is -2.58. The van der Waals surface area contributed by atoms with E-state index in [4.69, 9.17) is 4.74 Å². The van der Waals surface area contributed by atoms with Crippen molar-refractivity contribution < 1.29 is 18.7 Å². The smallest absolute Gasteiger partial charge is 0.247 e. The van der Waals surface area contributed by atoms with Crippen molar-refractivity contribution in [1.82, 2.24) is 15.5 Å². The lowest BCUT2D eigenvalue weighted by molar-refractivity contribution is -0.125. The summed E-state index contributed by atoms with van der Waals surface area (Å²) in [5, 5.41) is 6.13. The number of hydrogen-bond acceptors (Lipinski definition) is 6. The second-order valence-electron chi connectivity index (χ2n) is 8.90. The van der Waals surface area contributed by atoms with Crippen LogP contribution in [0, 0.1) is 0 Å². The number of hydrogen-bond donors (Lipinski definition) is 2. The highest BCUT2D eigenvalue weighted by Gasteiger charge is 2.51. The standard InChI is InChI=1S/C26H33FN4O3/c1-34-17-14-28-22(24(32)20-8-4-2-5-9-20)18-23(27)30-15-12-26(13-16-30)25(33)29-19-31(26)21-10-6-3-7-11-21/h2-11,22-23,28H,12-19H2,1H3,(H,29,33). The maximum Gasteiger partial charge on any atom is 0.247 e. The van der Waals surface area contributed by atoms with Gasteiger partial charge >= 0.3 is 0 Å². The van der Waals surface area contributed by atoms with Crippen LogP contribution in [0.5, 0.6) is 0 Å². The fraction of sp³-hybridized carbons (Fsp3) is 0.462. The molecule has 2 N–H and O–H groups in total. The van der Waals surface area contributed by atoms with Crippen LogP contribution in [0.25, 0.3) is 0 Å².